The molecule has 1 aromatic rings. The number of amides is 1. The van der Waals surface area contributed by atoms with Crippen LogP contribution in [0.15, 0.2) is 24.3 Å². The number of nitriles is 1. The van der Waals surface area contributed by atoms with Gasteiger partial charge >= 0.3 is 0 Å². The number of benzene rings is 1. The molecule has 1 heterocycles. The maximum atomic E-state index is 11.8. The summed E-state index contributed by atoms with van der Waals surface area (Å²) in [6, 6.07) is 8.80. The van der Waals surface area contributed by atoms with Crippen molar-refractivity contribution < 1.29 is 15.0 Å². The van der Waals surface area contributed by atoms with E-state index in [9.17, 15) is 15.0 Å². The van der Waals surface area contributed by atoms with Crippen LogP contribution in [0.1, 0.15) is 18.4 Å². The topological polar surface area (TPSA) is 96.6 Å². The summed E-state index contributed by atoms with van der Waals surface area (Å²) < 4.78 is 0. The van der Waals surface area contributed by atoms with E-state index in [2.05, 4.69) is 5.32 Å². The monoisotopic (exact) mass is 289 g/mol. The molecule has 21 heavy (non-hydrogen) atoms. The average molecular weight is 289 g/mol. The van der Waals surface area contributed by atoms with Crippen LogP contribution in [0, 0.1) is 11.3 Å². The fraction of sp³-hybridized carbons (Fsp3) is 0.467. The van der Waals surface area contributed by atoms with Gasteiger partial charge in [-0.15, -0.1) is 0 Å². The van der Waals surface area contributed by atoms with E-state index in [1.807, 2.05) is 11.0 Å². The predicted molar refractivity (Wildman–Crippen MR) is 77.5 cm³/mol. The third-order valence-corrected chi connectivity index (χ3v) is 3.49. The van der Waals surface area contributed by atoms with Gasteiger partial charge in [0, 0.05) is 25.2 Å². The molecule has 1 saturated heterocycles. The minimum absolute atomic E-state index is 0.106. The van der Waals surface area contributed by atoms with Gasteiger partial charge < -0.3 is 15.5 Å². The second-order valence-electron chi connectivity index (χ2n) is 5.24. The normalized spacial score (nSPS) is 22.0. The van der Waals surface area contributed by atoms with Crippen LogP contribution in [0.3, 0.4) is 0 Å². The van der Waals surface area contributed by atoms with Crippen LogP contribution in [0.25, 0.3) is 0 Å². The van der Waals surface area contributed by atoms with Gasteiger partial charge in [0.05, 0.1) is 23.8 Å². The number of rotatable bonds is 5. The van der Waals surface area contributed by atoms with Crippen LogP contribution in [-0.4, -0.2) is 52.9 Å². The second kappa shape index (κ2) is 7.18. The molecule has 6 nitrogen and oxygen atoms in total. The van der Waals surface area contributed by atoms with Gasteiger partial charge in [-0.25, -0.2) is 0 Å². The fourth-order valence-corrected chi connectivity index (χ4v) is 2.38. The molecule has 3 N–H and O–H groups in total. The highest BCUT2D eigenvalue weighted by molar-refractivity contribution is 5.90. The molecule has 0 aliphatic carbocycles. The number of nitrogens with one attached hydrogen (secondary N) is 1. The fourth-order valence-electron chi connectivity index (χ4n) is 2.38. The van der Waals surface area contributed by atoms with Crippen LogP contribution in [-0.2, 0) is 4.79 Å². The smallest absolute Gasteiger partial charge is 0.224 e. The van der Waals surface area contributed by atoms with Crippen LogP contribution in [0.4, 0.5) is 5.69 Å². The molecule has 6 heteroatoms. The standard InChI is InChI=1S/C15H19N3O3/c16-8-11-3-1-4-12(7-11)17-15(21)5-2-6-18-9-13(19)14(20)10-18/h1,3-4,7,13-14,19-20H,2,5-6,9-10H2,(H,17,21). The minimum atomic E-state index is -0.687. The van der Waals surface area contributed by atoms with E-state index in [0.29, 0.717) is 43.7 Å². The lowest BCUT2D eigenvalue weighted by molar-refractivity contribution is -0.116. The van der Waals surface area contributed by atoms with Crippen LogP contribution < -0.4 is 5.32 Å². The van der Waals surface area contributed by atoms with Gasteiger partial charge in [0.1, 0.15) is 0 Å². The van der Waals surface area contributed by atoms with Crippen molar-refractivity contribution in [3.8, 4) is 6.07 Å². The summed E-state index contributed by atoms with van der Waals surface area (Å²) >= 11 is 0. The van der Waals surface area contributed by atoms with Crippen molar-refractivity contribution in [3.05, 3.63) is 29.8 Å². The molecule has 1 aliphatic rings. The molecule has 0 spiro atoms. The molecular formula is C15H19N3O3. The lowest BCUT2D eigenvalue weighted by atomic mass is 10.2. The molecule has 2 rings (SSSR count). The van der Waals surface area contributed by atoms with Crippen molar-refractivity contribution in [2.75, 3.05) is 25.0 Å². The van der Waals surface area contributed by atoms with Crippen molar-refractivity contribution in [2.45, 2.75) is 25.0 Å². The number of hydrogen-bond donors (Lipinski definition) is 3. The molecule has 112 valence electrons. The third kappa shape index (κ3) is 4.53. The predicted octanol–water partition coefficient (Wildman–Crippen LogP) is 0.314. The molecule has 1 fully saturated rings. The Balaban J connectivity index is 1.71. The molecule has 1 amide bonds. The van der Waals surface area contributed by atoms with Gasteiger partial charge in [0.2, 0.25) is 5.91 Å². The molecule has 1 aliphatic heterocycles. The molecule has 0 bridgehead atoms. The number of β-amino-alcohol motifs (C(OH)–C–C–N with tert-alkyl or cyclic N) is 2. The highest BCUT2D eigenvalue weighted by Crippen LogP contribution is 2.12. The zero-order valence-corrected chi connectivity index (χ0v) is 11.7. The molecule has 0 aromatic heterocycles. The molecule has 2 atom stereocenters. The molecule has 1 aromatic carbocycles. The van der Waals surface area contributed by atoms with E-state index in [4.69, 9.17) is 5.26 Å². The number of nitrogens with zero attached hydrogens (tertiary/aromatic N) is 2. The highest BCUT2D eigenvalue weighted by atomic mass is 16.3. The second-order valence-corrected chi connectivity index (χ2v) is 5.24. The third-order valence-electron chi connectivity index (χ3n) is 3.49. The quantitative estimate of drug-likeness (QED) is 0.725. The minimum Gasteiger partial charge on any atom is -0.389 e. The number of carbonyl (C=O) groups is 1. The van der Waals surface area contributed by atoms with Crippen molar-refractivity contribution in [3.63, 3.8) is 0 Å². The Hall–Kier alpha value is -1.94. The van der Waals surface area contributed by atoms with E-state index < -0.39 is 12.2 Å². The number of aliphatic hydroxyl groups excluding tert-OH is 2. The molecule has 2 unspecified atom stereocenters. The number of aliphatic hydroxyl groups is 2. The Morgan fingerprint density at radius 3 is 2.76 bits per heavy atom. The van der Waals surface area contributed by atoms with Gasteiger partial charge in [-0.2, -0.15) is 5.26 Å². The SMILES string of the molecule is N#Cc1cccc(NC(=O)CCCN2CC(O)C(O)C2)c1. The first-order valence-corrected chi connectivity index (χ1v) is 6.97. The first-order chi connectivity index (χ1) is 10.1. The first-order valence-electron chi connectivity index (χ1n) is 6.97. The van der Waals surface area contributed by atoms with Gasteiger partial charge in [-0.05, 0) is 31.2 Å². The molecular weight excluding hydrogens is 270 g/mol. The van der Waals surface area contributed by atoms with Gasteiger partial charge in [0.15, 0.2) is 0 Å². The number of hydrogen-bond acceptors (Lipinski definition) is 5. The number of likely N-dealkylation sites (tertiary alicyclic amines) is 1. The summed E-state index contributed by atoms with van der Waals surface area (Å²) in [5, 5.41) is 30.4. The van der Waals surface area contributed by atoms with E-state index >= 15 is 0 Å². The largest absolute Gasteiger partial charge is 0.389 e. The van der Waals surface area contributed by atoms with Crippen LogP contribution in [0.2, 0.25) is 0 Å². The zero-order valence-electron chi connectivity index (χ0n) is 11.7. The Kier molecular flexibility index (Phi) is 5.28. The average Bonchev–Trinajstić information content (AvgIpc) is 2.78. The van der Waals surface area contributed by atoms with E-state index in [1.165, 1.54) is 0 Å². The Labute approximate surface area is 123 Å². The Morgan fingerprint density at radius 1 is 1.38 bits per heavy atom. The maximum Gasteiger partial charge on any atom is 0.224 e. The molecule has 0 radical (unpaired) electrons. The highest BCUT2D eigenvalue weighted by Gasteiger charge is 2.28. The summed E-state index contributed by atoms with van der Waals surface area (Å²) in [5.41, 5.74) is 1.12. The van der Waals surface area contributed by atoms with Gasteiger partial charge in [0.25, 0.3) is 0 Å². The number of carbonyl (C=O) groups excluding carboxylic acids is 1. The molecule has 0 saturated carbocycles. The Morgan fingerprint density at radius 2 is 2.10 bits per heavy atom. The van der Waals surface area contributed by atoms with Crippen LogP contribution >= 0.6 is 0 Å². The first kappa shape index (κ1) is 15.4. The summed E-state index contributed by atoms with van der Waals surface area (Å²) in [7, 11) is 0. The zero-order chi connectivity index (χ0) is 15.2. The van der Waals surface area contributed by atoms with Crippen molar-refractivity contribution in [1.82, 2.24) is 4.90 Å². The van der Waals surface area contributed by atoms with Crippen molar-refractivity contribution >= 4 is 11.6 Å². The van der Waals surface area contributed by atoms with Crippen molar-refractivity contribution in [1.29, 1.82) is 5.26 Å². The van der Waals surface area contributed by atoms with E-state index in [-0.39, 0.29) is 5.91 Å². The van der Waals surface area contributed by atoms with Gasteiger partial charge in [-0.3, -0.25) is 9.69 Å². The van der Waals surface area contributed by atoms with Gasteiger partial charge in [-0.1, -0.05) is 6.07 Å². The Bertz CT molecular complexity index is 531. The van der Waals surface area contributed by atoms with Crippen molar-refractivity contribution in [2.24, 2.45) is 0 Å². The van der Waals surface area contributed by atoms with Crippen LogP contribution in [0.5, 0.6) is 0 Å². The lowest BCUT2D eigenvalue weighted by Crippen LogP contribution is -2.24. The summed E-state index contributed by atoms with van der Waals surface area (Å²) in [6.07, 6.45) is -0.358. The summed E-state index contributed by atoms with van der Waals surface area (Å²) in [5.74, 6) is -0.106. The number of anilines is 1. The maximum absolute atomic E-state index is 11.8. The summed E-state index contributed by atoms with van der Waals surface area (Å²) in [4.78, 5) is 13.7. The van der Waals surface area contributed by atoms with E-state index in [1.54, 1.807) is 24.3 Å². The van der Waals surface area contributed by atoms with E-state index in [0.717, 1.165) is 0 Å². The lowest BCUT2D eigenvalue weighted by Gasteiger charge is -2.14. The summed E-state index contributed by atoms with van der Waals surface area (Å²) in [6.45, 7) is 1.57.